The monoisotopic (exact) mass is 369 g/mol. The average Bonchev–Trinajstić information content (AvgIpc) is 2.89. The van der Waals surface area contributed by atoms with Crippen LogP contribution in [-0.4, -0.2) is 52.7 Å². The third kappa shape index (κ3) is 4.95. The van der Waals surface area contributed by atoms with E-state index in [0.29, 0.717) is 6.04 Å². The number of aromatic nitrogens is 1. The summed E-state index contributed by atoms with van der Waals surface area (Å²) in [5, 5.41) is 0. The minimum Gasteiger partial charge on any atom is -0.444 e. The SMILES string of the molecule is CN(Cc1ccc(Br)nc1)[C@@H]1CCN(C(=O)OC(C)(C)C)C1. The molecule has 1 aromatic rings. The number of amides is 1. The Hall–Kier alpha value is -1.14. The molecule has 1 aliphatic rings. The number of nitrogens with zero attached hydrogens (tertiary/aromatic N) is 3. The van der Waals surface area contributed by atoms with Crippen molar-refractivity contribution in [3.63, 3.8) is 0 Å². The number of rotatable bonds is 3. The zero-order valence-corrected chi connectivity index (χ0v) is 15.3. The summed E-state index contributed by atoms with van der Waals surface area (Å²) < 4.78 is 6.28. The first-order chi connectivity index (χ1) is 10.2. The minimum atomic E-state index is -0.440. The Balaban J connectivity index is 1.87. The lowest BCUT2D eigenvalue weighted by atomic mass is 10.2. The van der Waals surface area contributed by atoms with Gasteiger partial charge in [0.15, 0.2) is 0 Å². The van der Waals surface area contributed by atoms with E-state index in [1.54, 1.807) is 4.90 Å². The number of ether oxygens (including phenoxy) is 1. The van der Waals surface area contributed by atoms with Crippen LogP contribution < -0.4 is 0 Å². The molecule has 0 saturated carbocycles. The van der Waals surface area contributed by atoms with Crippen LogP contribution in [0.4, 0.5) is 4.79 Å². The van der Waals surface area contributed by atoms with Gasteiger partial charge in [0.25, 0.3) is 0 Å². The van der Waals surface area contributed by atoms with Crippen LogP contribution in [0, 0.1) is 0 Å². The van der Waals surface area contributed by atoms with Crippen molar-refractivity contribution in [1.82, 2.24) is 14.8 Å². The van der Waals surface area contributed by atoms with Gasteiger partial charge in [-0.25, -0.2) is 9.78 Å². The Morgan fingerprint density at radius 1 is 1.50 bits per heavy atom. The smallest absolute Gasteiger partial charge is 0.410 e. The molecule has 1 amide bonds. The molecule has 0 aromatic carbocycles. The van der Waals surface area contributed by atoms with Crippen LogP contribution in [0.1, 0.15) is 32.8 Å². The van der Waals surface area contributed by atoms with E-state index in [0.717, 1.165) is 30.7 Å². The molecular weight excluding hydrogens is 346 g/mol. The second-order valence-electron chi connectivity index (χ2n) is 6.77. The Morgan fingerprint density at radius 3 is 2.82 bits per heavy atom. The summed E-state index contributed by atoms with van der Waals surface area (Å²) in [5.74, 6) is 0. The fourth-order valence-corrected chi connectivity index (χ4v) is 2.75. The van der Waals surface area contributed by atoms with Crippen LogP contribution in [0.5, 0.6) is 0 Å². The summed E-state index contributed by atoms with van der Waals surface area (Å²) in [5.41, 5.74) is 0.728. The fourth-order valence-electron chi connectivity index (χ4n) is 2.51. The normalized spacial score (nSPS) is 18.8. The molecule has 5 nitrogen and oxygen atoms in total. The lowest BCUT2D eigenvalue weighted by Gasteiger charge is -2.26. The second kappa shape index (κ2) is 6.96. The molecule has 2 rings (SSSR count). The number of halogens is 1. The minimum absolute atomic E-state index is 0.214. The van der Waals surface area contributed by atoms with Gasteiger partial charge in [-0.1, -0.05) is 6.07 Å². The highest BCUT2D eigenvalue weighted by atomic mass is 79.9. The number of likely N-dealkylation sites (tertiary alicyclic amines) is 1. The van der Waals surface area contributed by atoms with Crippen LogP contribution in [0.15, 0.2) is 22.9 Å². The number of likely N-dealkylation sites (N-methyl/N-ethyl adjacent to an activating group) is 1. The first-order valence-electron chi connectivity index (χ1n) is 7.53. The van der Waals surface area contributed by atoms with Gasteiger partial charge in [-0.2, -0.15) is 0 Å². The molecule has 6 heteroatoms. The third-order valence-electron chi connectivity index (χ3n) is 3.66. The predicted molar refractivity (Wildman–Crippen MR) is 89.6 cm³/mol. The van der Waals surface area contributed by atoms with Crippen molar-refractivity contribution in [1.29, 1.82) is 0 Å². The molecule has 22 heavy (non-hydrogen) atoms. The molecule has 1 aliphatic heterocycles. The molecule has 0 N–H and O–H groups in total. The van der Waals surface area contributed by atoms with Gasteiger partial charge in [0, 0.05) is 31.9 Å². The molecule has 0 spiro atoms. The maximum absolute atomic E-state index is 12.1. The molecule has 0 radical (unpaired) electrons. The third-order valence-corrected chi connectivity index (χ3v) is 4.13. The number of carbonyl (C=O) groups excluding carboxylic acids is 1. The van der Waals surface area contributed by atoms with Crippen LogP contribution >= 0.6 is 15.9 Å². The van der Waals surface area contributed by atoms with E-state index in [1.807, 2.05) is 33.0 Å². The molecule has 0 bridgehead atoms. The number of pyridine rings is 1. The van der Waals surface area contributed by atoms with Gasteiger partial charge in [-0.15, -0.1) is 0 Å². The maximum atomic E-state index is 12.1. The zero-order chi connectivity index (χ0) is 16.3. The second-order valence-corrected chi connectivity index (χ2v) is 7.59. The molecule has 1 fully saturated rings. The van der Waals surface area contributed by atoms with Crippen LogP contribution in [-0.2, 0) is 11.3 Å². The van der Waals surface area contributed by atoms with E-state index in [-0.39, 0.29) is 6.09 Å². The van der Waals surface area contributed by atoms with E-state index >= 15 is 0 Å². The average molecular weight is 370 g/mol. The van der Waals surface area contributed by atoms with Gasteiger partial charge >= 0.3 is 6.09 Å². The topological polar surface area (TPSA) is 45.7 Å². The van der Waals surface area contributed by atoms with Gasteiger partial charge in [0.2, 0.25) is 0 Å². The molecule has 1 aromatic heterocycles. The fraction of sp³-hybridized carbons (Fsp3) is 0.625. The van der Waals surface area contributed by atoms with Gasteiger partial charge in [-0.3, -0.25) is 4.90 Å². The van der Waals surface area contributed by atoms with Crippen molar-refractivity contribution in [3.8, 4) is 0 Å². The van der Waals surface area contributed by atoms with Crippen molar-refractivity contribution >= 4 is 22.0 Å². The van der Waals surface area contributed by atoms with Gasteiger partial charge < -0.3 is 9.64 Å². The lowest BCUT2D eigenvalue weighted by molar-refractivity contribution is 0.0282. The van der Waals surface area contributed by atoms with Crippen molar-refractivity contribution in [2.24, 2.45) is 0 Å². The Labute approximate surface area is 140 Å². The van der Waals surface area contributed by atoms with Crippen molar-refractivity contribution in [2.45, 2.75) is 45.4 Å². The van der Waals surface area contributed by atoms with Crippen molar-refractivity contribution < 1.29 is 9.53 Å². The zero-order valence-electron chi connectivity index (χ0n) is 13.7. The number of hydrogen-bond donors (Lipinski definition) is 0. The number of carbonyl (C=O) groups is 1. The molecule has 2 heterocycles. The largest absolute Gasteiger partial charge is 0.444 e. The molecule has 0 unspecified atom stereocenters. The number of hydrogen-bond acceptors (Lipinski definition) is 4. The Bertz CT molecular complexity index is 513. The van der Waals surface area contributed by atoms with E-state index < -0.39 is 5.60 Å². The van der Waals surface area contributed by atoms with E-state index in [1.165, 1.54) is 5.56 Å². The molecule has 1 saturated heterocycles. The van der Waals surface area contributed by atoms with E-state index in [9.17, 15) is 4.79 Å². The summed E-state index contributed by atoms with van der Waals surface area (Å²) in [6.07, 6.45) is 2.63. The first kappa shape index (κ1) is 17.2. The standard InChI is InChI=1S/C16H24BrN3O2/c1-16(2,3)22-15(21)20-8-7-13(11-20)19(4)10-12-5-6-14(17)18-9-12/h5-6,9,13H,7-8,10-11H2,1-4H3/t13-/m1/s1. The predicted octanol–water partition coefficient (Wildman–Crippen LogP) is 3.29. The molecule has 0 aliphatic carbocycles. The molecule has 122 valence electrons. The summed E-state index contributed by atoms with van der Waals surface area (Å²) in [6, 6.07) is 4.37. The highest BCUT2D eigenvalue weighted by Gasteiger charge is 2.31. The summed E-state index contributed by atoms with van der Waals surface area (Å²) in [7, 11) is 2.09. The molecule has 1 atom stereocenters. The Kier molecular flexibility index (Phi) is 5.45. The van der Waals surface area contributed by atoms with E-state index in [4.69, 9.17) is 4.74 Å². The summed E-state index contributed by atoms with van der Waals surface area (Å²) in [4.78, 5) is 20.4. The van der Waals surface area contributed by atoms with Crippen LogP contribution in [0.25, 0.3) is 0 Å². The first-order valence-corrected chi connectivity index (χ1v) is 8.32. The quantitative estimate of drug-likeness (QED) is 0.766. The summed E-state index contributed by atoms with van der Waals surface area (Å²) >= 11 is 3.34. The van der Waals surface area contributed by atoms with E-state index in [2.05, 4.69) is 38.9 Å². The highest BCUT2D eigenvalue weighted by molar-refractivity contribution is 9.10. The van der Waals surface area contributed by atoms with Crippen LogP contribution in [0.2, 0.25) is 0 Å². The van der Waals surface area contributed by atoms with Crippen LogP contribution in [0.3, 0.4) is 0 Å². The Morgan fingerprint density at radius 2 is 2.23 bits per heavy atom. The van der Waals surface area contributed by atoms with Crippen molar-refractivity contribution in [2.75, 3.05) is 20.1 Å². The van der Waals surface area contributed by atoms with Gasteiger partial charge in [-0.05, 0) is 61.8 Å². The van der Waals surface area contributed by atoms with Crippen molar-refractivity contribution in [3.05, 3.63) is 28.5 Å². The lowest BCUT2D eigenvalue weighted by Crippen LogP contribution is -2.38. The summed E-state index contributed by atoms with van der Waals surface area (Å²) in [6.45, 7) is 7.98. The van der Waals surface area contributed by atoms with Gasteiger partial charge in [0.1, 0.15) is 10.2 Å². The maximum Gasteiger partial charge on any atom is 0.410 e. The van der Waals surface area contributed by atoms with Gasteiger partial charge in [0.05, 0.1) is 0 Å². The molecular formula is C16H24BrN3O2. The highest BCUT2D eigenvalue weighted by Crippen LogP contribution is 2.19.